The first-order chi connectivity index (χ1) is 13.0. The van der Waals surface area contributed by atoms with E-state index in [-0.39, 0.29) is 13.2 Å². The third-order valence-corrected chi connectivity index (χ3v) is 6.23. The number of carboxylic acid groups (broad SMARTS) is 1. The zero-order valence-corrected chi connectivity index (χ0v) is 15.3. The predicted molar refractivity (Wildman–Crippen MR) is 94.9 cm³/mol. The van der Waals surface area contributed by atoms with Crippen molar-refractivity contribution in [3.63, 3.8) is 0 Å². The summed E-state index contributed by atoms with van der Waals surface area (Å²) in [5, 5.41) is 9.75. The molecule has 3 aliphatic rings. The largest absolute Gasteiger partial charge is 0.481 e. The molecule has 2 spiro atoms. The first kappa shape index (κ1) is 18.3. The predicted octanol–water partition coefficient (Wildman–Crippen LogP) is 2.64. The second-order valence-electron chi connectivity index (χ2n) is 7.78. The highest BCUT2D eigenvalue weighted by molar-refractivity contribution is 5.75. The van der Waals surface area contributed by atoms with Crippen LogP contribution in [0.25, 0.3) is 0 Å². The van der Waals surface area contributed by atoms with Crippen LogP contribution in [0.3, 0.4) is 0 Å². The van der Waals surface area contributed by atoms with Crippen molar-refractivity contribution < 1.29 is 28.9 Å². The summed E-state index contributed by atoms with van der Waals surface area (Å²) in [4.78, 5) is 26.0. The monoisotopic (exact) mass is 375 g/mol. The number of amides is 1. The minimum Gasteiger partial charge on any atom is -0.481 e. The van der Waals surface area contributed by atoms with E-state index < -0.39 is 29.2 Å². The van der Waals surface area contributed by atoms with Crippen LogP contribution in [-0.2, 0) is 25.6 Å². The Bertz CT molecular complexity index is 690. The van der Waals surface area contributed by atoms with Crippen LogP contribution in [0.2, 0.25) is 0 Å². The fourth-order valence-electron chi connectivity index (χ4n) is 4.68. The van der Waals surface area contributed by atoms with Gasteiger partial charge in [-0.25, -0.2) is 4.79 Å². The van der Waals surface area contributed by atoms with E-state index in [1.54, 1.807) is 4.90 Å². The first-order valence-electron chi connectivity index (χ1n) is 9.48. The van der Waals surface area contributed by atoms with E-state index >= 15 is 0 Å². The second-order valence-corrected chi connectivity index (χ2v) is 7.78. The van der Waals surface area contributed by atoms with Crippen molar-refractivity contribution in [2.24, 2.45) is 11.3 Å². The Labute approximate surface area is 158 Å². The number of carbonyl (C=O) groups is 2. The third kappa shape index (κ3) is 3.53. The molecule has 7 heteroatoms. The van der Waals surface area contributed by atoms with Crippen molar-refractivity contribution in [3.8, 4) is 0 Å². The van der Waals surface area contributed by atoms with E-state index in [1.807, 2.05) is 30.3 Å². The maximum atomic E-state index is 12.5. The van der Waals surface area contributed by atoms with Gasteiger partial charge in [-0.3, -0.25) is 4.79 Å². The Morgan fingerprint density at radius 2 is 1.78 bits per heavy atom. The Morgan fingerprint density at radius 1 is 1.11 bits per heavy atom. The molecule has 2 saturated heterocycles. The lowest BCUT2D eigenvalue weighted by Crippen LogP contribution is -2.45. The zero-order valence-electron chi connectivity index (χ0n) is 15.3. The topological polar surface area (TPSA) is 85.3 Å². The van der Waals surface area contributed by atoms with Crippen LogP contribution in [0.5, 0.6) is 0 Å². The molecule has 1 N–H and O–H groups in total. The molecule has 1 saturated carbocycles. The molecule has 1 amide bonds. The fraction of sp³-hybridized carbons (Fsp3) is 0.600. The van der Waals surface area contributed by atoms with Crippen molar-refractivity contribution >= 4 is 12.1 Å². The third-order valence-electron chi connectivity index (χ3n) is 6.23. The quantitative estimate of drug-likeness (QED) is 0.874. The lowest BCUT2D eigenvalue weighted by Gasteiger charge is -2.43. The van der Waals surface area contributed by atoms with E-state index in [9.17, 15) is 14.7 Å². The number of aliphatic carboxylic acids is 1. The van der Waals surface area contributed by atoms with Crippen molar-refractivity contribution in [1.82, 2.24) is 4.90 Å². The Morgan fingerprint density at radius 3 is 2.41 bits per heavy atom. The number of carboxylic acids is 1. The van der Waals surface area contributed by atoms with Crippen LogP contribution in [0.15, 0.2) is 30.3 Å². The van der Waals surface area contributed by atoms with E-state index in [2.05, 4.69) is 0 Å². The van der Waals surface area contributed by atoms with Crippen LogP contribution in [0.1, 0.15) is 31.2 Å². The van der Waals surface area contributed by atoms with Gasteiger partial charge in [0.25, 0.3) is 0 Å². The molecule has 0 aromatic heterocycles. The summed E-state index contributed by atoms with van der Waals surface area (Å²) in [6.45, 7) is 1.97. The van der Waals surface area contributed by atoms with Crippen LogP contribution in [-0.4, -0.2) is 54.2 Å². The molecule has 1 aromatic rings. The molecule has 1 unspecified atom stereocenters. The van der Waals surface area contributed by atoms with Gasteiger partial charge in [-0.15, -0.1) is 0 Å². The molecule has 3 fully saturated rings. The van der Waals surface area contributed by atoms with Gasteiger partial charge in [0.2, 0.25) is 0 Å². The summed E-state index contributed by atoms with van der Waals surface area (Å²) in [7, 11) is 0. The van der Waals surface area contributed by atoms with Crippen molar-refractivity contribution in [1.29, 1.82) is 0 Å². The Kier molecular flexibility index (Phi) is 4.82. The van der Waals surface area contributed by atoms with Gasteiger partial charge < -0.3 is 24.2 Å². The Hall–Kier alpha value is -2.12. The zero-order chi connectivity index (χ0) is 18.9. The summed E-state index contributed by atoms with van der Waals surface area (Å²) in [5.41, 5.74) is 0.475. The summed E-state index contributed by atoms with van der Waals surface area (Å²) in [6, 6.07) is 9.46. The van der Waals surface area contributed by atoms with E-state index in [1.165, 1.54) is 0 Å². The van der Waals surface area contributed by atoms with Crippen molar-refractivity contribution in [2.75, 3.05) is 26.3 Å². The Balaban J connectivity index is 1.41. The number of ether oxygens (including phenoxy) is 3. The minimum absolute atomic E-state index is 0.186. The maximum Gasteiger partial charge on any atom is 0.410 e. The SMILES string of the molecule is O=C(O)C1CN(C(=O)OCc2ccccc2)CC12CCC1(CC2)OCCO1. The average molecular weight is 375 g/mol. The fourth-order valence-corrected chi connectivity index (χ4v) is 4.68. The standard InChI is InChI=1S/C20H25NO6/c22-17(23)16-12-21(18(24)25-13-15-4-2-1-3-5-15)14-19(16)6-8-20(9-7-19)26-10-11-27-20/h1-5,16H,6-14H2,(H,22,23). The van der Waals surface area contributed by atoms with Gasteiger partial charge in [-0.1, -0.05) is 30.3 Å². The van der Waals surface area contributed by atoms with Gasteiger partial charge in [-0.2, -0.15) is 0 Å². The lowest BCUT2D eigenvalue weighted by molar-refractivity contribution is -0.195. The van der Waals surface area contributed by atoms with E-state index in [4.69, 9.17) is 14.2 Å². The molecule has 2 heterocycles. The molecule has 4 rings (SSSR count). The van der Waals surface area contributed by atoms with Gasteiger partial charge in [0.05, 0.1) is 19.1 Å². The van der Waals surface area contributed by atoms with Crippen LogP contribution in [0, 0.1) is 11.3 Å². The summed E-state index contributed by atoms with van der Waals surface area (Å²) in [6.07, 6.45) is 2.24. The number of nitrogens with zero attached hydrogens (tertiary/aromatic N) is 1. The molecule has 7 nitrogen and oxygen atoms in total. The van der Waals surface area contributed by atoms with Gasteiger partial charge in [0.1, 0.15) is 6.61 Å². The minimum atomic E-state index is -0.849. The average Bonchev–Trinajstić information content (AvgIpc) is 3.29. The first-order valence-corrected chi connectivity index (χ1v) is 9.48. The van der Waals surface area contributed by atoms with E-state index in [0.29, 0.717) is 45.4 Å². The van der Waals surface area contributed by atoms with Crippen LogP contribution >= 0.6 is 0 Å². The highest BCUT2D eigenvalue weighted by atomic mass is 16.7. The van der Waals surface area contributed by atoms with Crippen molar-refractivity contribution in [2.45, 2.75) is 38.1 Å². The van der Waals surface area contributed by atoms with Gasteiger partial charge >= 0.3 is 12.1 Å². The molecule has 146 valence electrons. The van der Waals surface area contributed by atoms with Gasteiger partial charge in [0.15, 0.2) is 5.79 Å². The maximum absolute atomic E-state index is 12.5. The molecule has 0 bridgehead atoms. The number of likely N-dealkylation sites (tertiary alicyclic amines) is 1. The number of hydrogen-bond donors (Lipinski definition) is 1. The van der Waals surface area contributed by atoms with Crippen LogP contribution < -0.4 is 0 Å². The smallest absolute Gasteiger partial charge is 0.410 e. The molecule has 1 atom stereocenters. The number of benzene rings is 1. The summed E-state index contributed by atoms with van der Waals surface area (Å²) < 4.78 is 16.9. The number of carbonyl (C=O) groups excluding carboxylic acids is 1. The molecule has 0 radical (unpaired) electrons. The van der Waals surface area contributed by atoms with Gasteiger partial charge in [0, 0.05) is 31.3 Å². The number of rotatable bonds is 3. The highest BCUT2D eigenvalue weighted by Gasteiger charge is 2.56. The molecular formula is C20H25NO6. The summed E-state index contributed by atoms with van der Waals surface area (Å²) >= 11 is 0. The highest BCUT2D eigenvalue weighted by Crippen LogP contribution is 2.52. The molecular weight excluding hydrogens is 350 g/mol. The molecule has 1 aliphatic carbocycles. The number of hydrogen-bond acceptors (Lipinski definition) is 5. The lowest BCUT2D eigenvalue weighted by atomic mass is 9.66. The van der Waals surface area contributed by atoms with Crippen LogP contribution in [0.4, 0.5) is 4.79 Å². The molecule has 27 heavy (non-hydrogen) atoms. The normalized spacial score (nSPS) is 25.8. The van der Waals surface area contributed by atoms with E-state index in [0.717, 1.165) is 5.56 Å². The van der Waals surface area contributed by atoms with Gasteiger partial charge in [-0.05, 0) is 18.4 Å². The summed E-state index contributed by atoms with van der Waals surface area (Å²) in [5.74, 6) is -1.98. The second kappa shape index (κ2) is 7.13. The molecule has 1 aromatic carbocycles. The molecule has 2 aliphatic heterocycles. The van der Waals surface area contributed by atoms with Crippen molar-refractivity contribution in [3.05, 3.63) is 35.9 Å².